The van der Waals surface area contributed by atoms with Gasteiger partial charge >= 0.3 is 0 Å². The summed E-state index contributed by atoms with van der Waals surface area (Å²) in [5.41, 5.74) is 2.99. The molecule has 2 rings (SSSR count). The monoisotopic (exact) mass is 252 g/mol. The van der Waals surface area contributed by atoms with E-state index in [1.165, 1.54) is 0 Å². The normalized spacial score (nSPS) is 10.8. The fourth-order valence-corrected chi connectivity index (χ4v) is 2.01. The van der Waals surface area contributed by atoms with Gasteiger partial charge in [0.2, 0.25) is 0 Å². The molecule has 0 fully saturated rings. The maximum absolute atomic E-state index is 13.8. The quantitative estimate of drug-likeness (QED) is 0.676. The summed E-state index contributed by atoms with van der Waals surface area (Å²) in [5, 5.41) is 0. The topological polar surface area (TPSA) is 0 Å². The Balaban J connectivity index is 2.17. The minimum absolute atomic E-state index is 0.139. The summed E-state index contributed by atoms with van der Waals surface area (Å²) >= 11 is 0. The molecule has 1 heteroatoms. The lowest BCUT2D eigenvalue weighted by Gasteiger charge is -2.06. The van der Waals surface area contributed by atoms with E-state index in [0.29, 0.717) is 6.42 Å². The summed E-state index contributed by atoms with van der Waals surface area (Å²) in [5.74, 6) is -0.139. The van der Waals surface area contributed by atoms with E-state index in [2.05, 4.69) is 6.58 Å². The van der Waals surface area contributed by atoms with E-state index < -0.39 is 0 Å². The van der Waals surface area contributed by atoms with E-state index >= 15 is 0 Å². The van der Waals surface area contributed by atoms with Gasteiger partial charge in [0.05, 0.1) is 0 Å². The van der Waals surface area contributed by atoms with Crippen molar-refractivity contribution in [2.75, 3.05) is 0 Å². The molecular formula is C18H17F. The van der Waals surface area contributed by atoms with Crippen LogP contribution in [-0.4, -0.2) is 0 Å². The van der Waals surface area contributed by atoms with Crippen LogP contribution < -0.4 is 0 Å². The maximum atomic E-state index is 13.8. The fraction of sp³-hybridized carbons (Fsp3) is 0.111. The summed E-state index contributed by atoms with van der Waals surface area (Å²) in [7, 11) is 0. The average Bonchev–Trinajstić information content (AvgIpc) is 2.44. The van der Waals surface area contributed by atoms with E-state index in [9.17, 15) is 4.39 Å². The molecule has 2 aromatic carbocycles. The first-order valence-corrected chi connectivity index (χ1v) is 6.38. The minimum Gasteiger partial charge on any atom is -0.207 e. The van der Waals surface area contributed by atoms with Crippen LogP contribution in [0.25, 0.3) is 0 Å². The predicted octanol–water partition coefficient (Wildman–Crippen LogP) is 4.70. The number of benzene rings is 2. The summed E-state index contributed by atoms with van der Waals surface area (Å²) in [6.45, 7) is 3.63. The molecule has 0 spiro atoms. The third kappa shape index (κ3) is 3.92. The first kappa shape index (κ1) is 13.3. The van der Waals surface area contributed by atoms with Crippen LogP contribution in [0.2, 0.25) is 0 Å². The van der Waals surface area contributed by atoms with Crippen molar-refractivity contribution in [3.05, 3.63) is 95.8 Å². The molecule has 0 aliphatic rings. The summed E-state index contributed by atoms with van der Waals surface area (Å²) in [4.78, 5) is 0. The molecule has 0 atom stereocenters. The highest BCUT2D eigenvalue weighted by Gasteiger charge is 2.04. The Morgan fingerprint density at radius 2 is 1.79 bits per heavy atom. The van der Waals surface area contributed by atoms with Crippen molar-refractivity contribution < 1.29 is 4.39 Å². The van der Waals surface area contributed by atoms with Crippen LogP contribution in [0.1, 0.15) is 16.7 Å². The van der Waals surface area contributed by atoms with Crippen molar-refractivity contribution in [2.45, 2.75) is 12.8 Å². The van der Waals surface area contributed by atoms with E-state index in [0.717, 1.165) is 23.1 Å². The molecular weight excluding hydrogens is 235 g/mol. The zero-order chi connectivity index (χ0) is 13.5. The summed E-state index contributed by atoms with van der Waals surface area (Å²) < 4.78 is 13.8. The number of rotatable bonds is 5. The molecule has 0 aliphatic heterocycles. The smallest absolute Gasteiger partial charge is 0.126 e. The SMILES string of the molecule is C=CC=CCc1ccc(F)c(Cc2ccccc2)c1. The molecule has 2 aromatic rings. The molecule has 0 unspecified atom stereocenters. The minimum atomic E-state index is -0.139. The van der Waals surface area contributed by atoms with Crippen LogP contribution in [0.4, 0.5) is 4.39 Å². The van der Waals surface area contributed by atoms with Crippen LogP contribution in [0.3, 0.4) is 0 Å². The van der Waals surface area contributed by atoms with Crippen LogP contribution in [0.5, 0.6) is 0 Å². The van der Waals surface area contributed by atoms with Gasteiger partial charge in [-0.05, 0) is 29.2 Å². The summed E-state index contributed by atoms with van der Waals surface area (Å²) in [6, 6.07) is 15.3. The van der Waals surface area contributed by atoms with Crippen LogP contribution in [0, 0.1) is 5.82 Å². The van der Waals surface area contributed by atoms with Crippen molar-refractivity contribution in [3.63, 3.8) is 0 Å². The number of halogens is 1. The lowest BCUT2D eigenvalue weighted by molar-refractivity contribution is 0.613. The Bertz CT molecular complexity index is 567. The Morgan fingerprint density at radius 1 is 1.00 bits per heavy atom. The number of allylic oxidation sites excluding steroid dienone is 3. The lowest BCUT2D eigenvalue weighted by atomic mass is 10.0. The fourth-order valence-electron chi connectivity index (χ4n) is 2.01. The zero-order valence-electron chi connectivity index (χ0n) is 10.9. The molecule has 0 aliphatic carbocycles. The van der Waals surface area contributed by atoms with Gasteiger partial charge < -0.3 is 0 Å². The van der Waals surface area contributed by atoms with Crippen LogP contribution in [0.15, 0.2) is 73.3 Å². The highest BCUT2D eigenvalue weighted by molar-refractivity contribution is 5.31. The predicted molar refractivity (Wildman–Crippen MR) is 78.7 cm³/mol. The first-order valence-electron chi connectivity index (χ1n) is 6.38. The van der Waals surface area contributed by atoms with E-state index in [1.807, 2.05) is 54.6 Å². The molecule has 0 nitrogen and oxygen atoms in total. The molecule has 19 heavy (non-hydrogen) atoms. The average molecular weight is 252 g/mol. The van der Waals surface area contributed by atoms with Crippen molar-refractivity contribution in [2.24, 2.45) is 0 Å². The van der Waals surface area contributed by atoms with E-state index in [-0.39, 0.29) is 5.82 Å². The van der Waals surface area contributed by atoms with Gasteiger partial charge in [0.1, 0.15) is 5.82 Å². The number of hydrogen-bond donors (Lipinski definition) is 0. The Hall–Kier alpha value is -2.15. The molecule has 96 valence electrons. The van der Waals surface area contributed by atoms with Gasteiger partial charge in [0, 0.05) is 6.42 Å². The standard InChI is InChI=1S/C18H17F/c1-2-3-5-8-16-11-12-18(19)17(14-16)13-15-9-6-4-7-10-15/h2-7,9-12,14H,1,8,13H2. The highest BCUT2D eigenvalue weighted by atomic mass is 19.1. The molecule has 0 N–H and O–H groups in total. The molecule has 0 aromatic heterocycles. The van der Waals surface area contributed by atoms with Crippen molar-refractivity contribution in [3.8, 4) is 0 Å². The van der Waals surface area contributed by atoms with Crippen LogP contribution >= 0.6 is 0 Å². The Labute approximate surface area is 113 Å². The summed E-state index contributed by atoms with van der Waals surface area (Å²) in [6.07, 6.45) is 7.10. The second-order valence-electron chi connectivity index (χ2n) is 4.46. The van der Waals surface area contributed by atoms with Gasteiger partial charge in [0.25, 0.3) is 0 Å². The van der Waals surface area contributed by atoms with Gasteiger partial charge in [-0.3, -0.25) is 0 Å². The highest BCUT2D eigenvalue weighted by Crippen LogP contribution is 2.16. The first-order chi connectivity index (χ1) is 9.29. The zero-order valence-corrected chi connectivity index (χ0v) is 10.9. The van der Waals surface area contributed by atoms with E-state index in [4.69, 9.17) is 0 Å². The van der Waals surface area contributed by atoms with Gasteiger partial charge in [-0.1, -0.05) is 67.3 Å². The second kappa shape index (κ2) is 6.69. The lowest BCUT2D eigenvalue weighted by Crippen LogP contribution is -1.94. The van der Waals surface area contributed by atoms with Gasteiger partial charge in [0.15, 0.2) is 0 Å². The van der Waals surface area contributed by atoms with E-state index in [1.54, 1.807) is 12.1 Å². The molecule has 0 amide bonds. The van der Waals surface area contributed by atoms with Crippen LogP contribution in [-0.2, 0) is 12.8 Å². The second-order valence-corrected chi connectivity index (χ2v) is 4.46. The Morgan fingerprint density at radius 3 is 2.53 bits per heavy atom. The van der Waals surface area contributed by atoms with Crippen molar-refractivity contribution >= 4 is 0 Å². The largest absolute Gasteiger partial charge is 0.207 e. The third-order valence-corrected chi connectivity index (χ3v) is 2.97. The molecule has 0 saturated carbocycles. The van der Waals surface area contributed by atoms with Gasteiger partial charge in [-0.2, -0.15) is 0 Å². The molecule has 0 radical (unpaired) electrons. The third-order valence-electron chi connectivity index (χ3n) is 2.97. The van der Waals surface area contributed by atoms with Crippen molar-refractivity contribution in [1.82, 2.24) is 0 Å². The van der Waals surface area contributed by atoms with Gasteiger partial charge in [-0.15, -0.1) is 0 Å². The molecule has 0 saturated heterocycles. The Kier molecular flexibility index (Phi) is 4.68. The molecule has 0 heterocycles. The molecule has 0 bridgehead atoms. The maximum Gasteiger partial charge on any atom is 0.126 e. The van der Waals surface area contributed by atoms with Gasteiger partial charge in [-0.25, -0.2) is 4.39 Å². The van der Waals surface area contributed by atoms with Crippen molar-refractivity contribution in [1.29, 1.82) is 0 Å². The number of hydrogen-bond acceptors (Lipinski definition) is 0.